The zero-order chi connectivity index (χ0) is 12.0. The lowest BCUT2D eigenvalue weighted by atomic mass is 10.0. The van der Waals surface area contributed by atoms with Gasteiger partial charge in [-0.15, -0.1) is 12.4 Å². The molecule has 4 heteroatoms. The molecule has 0 radical (unpaired) electrons. The maximum absolute atomic E-state index is 11.9. The molecule has 2 N–H and O–H groups in total. The average Bonchev–Trinajstić information content (AvgIpc) is 2.35. The first-order valence-electron chi connectivity index (χ1n) is 5.72. The summed E-state index contributed by atoms with van der Waals surface area (Å²) in [5.74, 6) is 0.0135. The number of aryl methyl sites for hydroxylation is 1. The molecule has 0 spiro atoms. The van der Waals surface area contributed by atoms with Gasteiger partial charge in [-0.25, -0.2) is 0 Å². The van der Waals surface area contributed by atoms with Gasteiger partial charge in [0.2, 0.25) is 0 Å². The molecule has 0 aromatic heterocycles. The quantitative estimate of drug-likeness (QED) is 0.846. The van der Waals surface area contributed by atoms with Crippen LogP contribution in [-0.2, 0) is 6.42 Å². The highest BCUT2D eigenvalue weighted by Crippen LogP contribution is 2.08. The lowest BCUT2D eigenvalue weighted by molar-refractivity contribution is 0.0949. The maximum Gasteiger partial charge on any atom is 0.251 e. The van der Waals surface area contributed by atoms with E-state index in [0.29, 0.717) is 6.54 Å². The lowest BCUT2D eigenvalue weighted by Crippen LogP contribution is -2.37. The van der Waals surface area contributed by atoms with Gasteiger partial charge in [0.15, 0.2) is 0 Å². The minimum Gasteiger partial charge on any atom is -0.350 e. The van der Waals surface area contributed by atoms with E-state index in [-0.39, 0.29) is 24.4 Å². The van der Waals surface area contributed by atoms with Gasteiger partial charge in [-0.3, -0.25) is 4.79 Å². The van der Waals surface area contributed by atoms with Gasteiger partial charge < -0.3 is 10.6 Å². The predicted octanol–water partition coefficient (Wildman–Crippen LogP) is 2.01. The molecule has 0 fully saturated rings. The van der Waals surface area contributed by atoms with Crippen LogP contribution < -0.4 is 10.6 Å². The van der Waals surface area contributed by atoms with E-state index in [1.165, 1.54) is 0 Å². The minimum absolute atomic E-state index is 0. The highest BCUT2D eigenvalue weighted by atomic mass is 35.5. The standard InChI is InChI=1S/C13H20N2O.ClH/c1-4-11-7-5-6-8-12(11)13(16)15-9-10(2)14-3;/h5-8,10,14H,4,9H2,1-3H3,(H,15,16);1H. The van der Waals surface area contributed by atoms with E-state index in [1.807, 2.05) is 38.2 Å². The zero-order valence-corrected chi connectivity index (χ0v) is 11.4. The van der Waals surface area contributed by atoms with Gasteiger partial charge in [0, 0.05) is 18.2 Å². The summed E-state index contributed by atoms with van der Waals surface area (Å²) in [6, 6.07) is 8.02. The number of amides is 1. The van der Waals surface area contributed by atoms with Crippen LogP contribution in [0.3, 0.4) is 0 Å². The van der Waals surface area contributed by atoms with Crippen LogP contribution in [0.25, 0.3) is 0 Å². The summed E-state index contributed by atoms with van der Waals surface area (Å²) in [7, 11) is 1.89. The maximum atomic E-state index is 11.9. The number of carbonyl (C=O) groups is 1. The first-order chi connectivity index (χ1) is 7.69. The fraction of sp³-hybridized carbons (Fsp3) is 0.462. The molecule has 0 saturated heterocycles. The SMILES string of the molecule is CCc1ccccc1C(=O)NCC(C)NC.Cl. The van der Waals surface area contributed by atoms with Crippen LogP contribution in [0.2, 0.25) is 0 Å². The topological polar surface area (TPSA) is 41.1 Å². The van der Waals surface area contributed by atoms with Gasteiger partial charge in [-0.05, 0) is 32.0 Å². The van der Waals surface area contributed by atoms with Crippen LogP contribution in [-0.4, -0.2) is 25.5 Å². The molecule has 1 amide bonds. The molecule has 0 aliphatic carbocycles. The van der Waals surface area contributed by atoms with Crippen LogP contribution in [0.5, 0.6) is 0 Å². The van der Waals surface area contributed by atoms with E-state index in [1.54, 1.807) is 0 Å². The second-order valence-electron chi connectivity index (χ2n) is 3.91. The Morgan fingerprint density at radius 1 is 1.35 bits per heavy atom. The molecule has 0 bridgehead atoms. The number of rotatable bonds is 5. The summed E-state index contributed by atoms with van der Waals surface area (Å²) in [5.41, 5.74) is 1.88. The van der Waals surface area contributed by atoms with Crippen molar-refractivity contribution in [3.8, 4) is 0 Å². The zero-order valence-electron chi connectivity index (χ0n) is 10.6. The van der Waals surface area contributed by atoms with E-state index in [9.17, 15) is 4.79 Å². The van der Waals surface area contributed by atoms with Gasteiger partial charge in [0.25, 0.3) is 5.91 Å². The first kappa shape index (κ1) is 15.9. The Morgan fingerprint density at radius 3 is 2.59 bits per heavy atom. The number of carbonyl (C=O) groups excluding carboxylic acids is 1. The predicted molar refractivity (Wildman–Crippen MR) is 73.9 cm³/mol. The molecule has 1 aromatic carbocycles. The van der Waals surface area contributed by atoms with Gasteiger partial charge in [0.05, 0.1) is 0 Å². The van der Waals surface area contributed by atoms with Crippen LogP contribution in [0.15, 0.2) is 24.3 Å². The van der Waals surface area contributed by atoms with Crippen molar-refractivity contribution in [2.45, 2.75) is 26.3 Å². The second-order valence-corrected chi connectivity index (χ2v) is 3.91. The van der Waals surface area contributed by atoms with E-state index in [2.05, 4.69) is 17.6 Å². The number of halogens is 1. The molecule has 1 unspecified atom stereocenters. The lowest BCUT2D eigenvalue weighted by Gasteiger charge is -2.12. The monoisotopic (exact) mass is 256 g/mol. The van der Waals surface area contributed by atoms with E-state index in [0.717, 1.165) is 17.5 Å². The normalized spacial score (nSPS) is 11.5. The average molecular weight is 257 g/mol. The molecular formula is C13H21ClN2O. The third-order valence-electron chi connectivity index (χ3n) is 2.70. The smallest absolute Gasteiger partial charge is 0.251 e. The molecule has 96 valence electrons. The van der Waals surface area contributed by atoms with E-state index in [4.69, 9.17) is 0 Å². The Morgan fingerprint density at radius 2 is 2.00 bits per heavy atom. The van der Waals surface area contributed by atoms with Crippen molar-refractivity contribution < 1.29 is 4.79 Å². The third kappa shape index (κ3) is 4.75. The van der Waals surface area contributed by atoms with Crippen LogP contribution >= 0.6 is 12.4 Å². The third-order valence-corrected chi connectivity index (χ3v) is 2.70. The highest BCUT2D eigenvalue weighted by molar-refractivity contribution is 5.95. The number of hydrogen-bond donors (Lipinski definition) is 2. The molecule has 1 rings (SSSR count). The van der Waals surface area contributed by atoms with Gasteiger partial charge >= 0.3 is 0 Å². The van der Waals surface area contributed by atoms with Crippen LogP contribution in [0, 0.1) is 0 Å². The fourth-order valence-electron chi connectivity index (χ4n) is 1.49. The molecule has 0 heterocycles. The molecule has 0 saturated carbocycles. The van der Waals surface area contributed by atoms with E-state index < -0.39 is 0 Å². The molecule has 0 aliphatic heterocycles. The van der Waals surface area contributed by atoms with Crippen molar-refractivity contribution in [3.05, 3.63) is 35.4 Å². The van der Waals surface area contributed by atoms with Crippen molar-refractivity contribution in [1.29, 1.82) is 0 Å². The number of nitrogens with one attached hydrogen (secondary N) is 2. The molecule has 17 heavy (non-hydrogen) atoms. The van der Waals surface area contributed by atoms with Crippen molar-refractivity contribution in [2.75, 3.05) is 13.6 Å². The summed E-state index contributed by atoms with van der Waals surface area (Å²) < 4.78 is 0. The highest BCUT2D eigenvalue weighted by Gasteiger charge is 2.09. The summed E-state index contributed by atoms with van der Waals surface area (Å²) >= 11 is 0. The second kappa shape index (κ2) is 8.09. The molecular weight excluding hydrogens is 236 g/mol. The summed E-state index contributed by atoms with van der Waals surface area (Å²) in [6.45, 7) is 4.74. The summed E-state index contributed by atoms with van der Waals surface area (Å²) in [6.07, 6.45) is 0.880. The largest absolute Gasteiger partial charge is 0.350 e. The molecule has 0 aliphatic rings. The van der Waals surface area contributed by atoms with Crippen LogP contribution in [0.4, 0.5) is 0 Å². The van der Waals surface area contributed by atoms with Crippen molar-refractivity contribution in [2.24, 2.45) is 0 Å². The Bertz CT molecular complexity index is 355. The Balaban J connectivity index is 0.00000256. The van der Waals surface area contributed by atoms with Crippen molar-refractivity contribution in [1.82, 2.24) is 10.6 Å². The molecule has 1 atom stereocenters. The van der Waals surface area contributed by atoms with Gasteiger partial charge in [-0.2, -0.15) is 0 Å². The minimum atomic E-state index is 0. The van der Waals surface area contributed by atoms with Crippen molar-refractivity contribution in [3.63, 3.8) is 0 Å². The summed E-state index contributed by atoms with van der Waals surface area (Å²) in [5, 5.41) is 6.01. The van der Waals surface area contributed by atoms with Crippen LogP contribution in [0.1, 0.15) is 29.8 Å². The first-order valence-corrected chi connectivity index (χ1v) is 5.72. The summed E-state index contributed by atoms with van der Waals surface area (Å²) in [4.78, 5) is 11.9. The Kier molecular flexibility index (Phi) is 7.59. The van der Waals surface area contributed by atoms with Gasteiger partial charge in [-0.1, -0.05) is 25.1 Å². The number of likely N-dealkylation sites (N-methyl/N-ethyl adjacent to an activating group) is 1. The van der Waals surface area contributed by atoms with Crippen molar-refractivity contribution >= 4 is 18.3 Å². The number of hydrogen-bond acceptors (Lipinski definition) is 2. The Hall–Kier alpha value is -1.06. The molecule has 3 nitrogen and oxygen atoms in total. The number of benzene rings is 1. The Labute approximate surface area is 109 Å². The van der Waals surface area contributed by atoms with Gasteiger partial charge in [0.1, 0.15) is 0 Å². The van der Waals surface area contributed by atoms with E-state index >= 15 is 0 Å². The fourth-order valence-corrected chi connectivity index (χ4v) is 1.49. The molecule has 1 aromatic rings.